The van der Waals surface area contributed by atoms with Crippen LogP contribution in [0, 0.1) is 0 Å². The molecule has 0 aromatic carbocycles. The molecule has 0 heterocycles. The zero-order chi connectivity index (χ0) is 7.33. The average Bonchev–Trinajstić information content (AvgIpc) is 1.63. The van der Waals surface area contributed by atoms with Gasteiger partial charge in [0.15, 0.2) is 0 Å². The van der Waals surface area contributed by atoms with Crippen LogP contribution >= 0.6 is 7.60 Å². The monoisotopic (exact) mass is 186 g/mol. The van der Waals surface area contributed by atoms with Gasteiger partial charge < -0.3 is 22.1 Å². The minimum absolute atomic E-state index is 0. The van der Waals surface area contributed by atoms with Crippen molar-refractivity contribution >= 4 is 7.60 Å². The minimum atomic E-state index is -3.70. The Hall–Kier alpha value is 0.0700. The van der Waals surface area contributed by atoms with Crippen LogP contribution in [0.2, 0.25) is 0 Å². The van der Waals surface area contributed by atoms with Crippen LogP contribution in [0.3, 0.4) is 0 Å². The Labute approximate surface area is 67.5 Å². The molecule has 0 saturated carbocycles. The standard InChI is InChI=1S/C5H13O3P.2H3N/c1-2-3-4-5-9(6,7)8;;/h2-5H2,1H3,(H2,6,7,8);2*1H3. The van der Waals surface area contributed by atoms with E-state index >= 15 is 0 Å². The second kappa shape index (κ2) is 8.17. The van der Waals surface area contributed by atoms with Crippen molar-refractivity contribution in [2.24, 2.45) is 0 Å². The zero-order valence-corrected chi connectivity index (χ0v) is 7.89. The van der Waals surface area contributed by atoms with Gasteiger partial charge in [-0.1, -0.05) is 19.8 Å². The quantitative estimate of drug-likeness (QED) is 0.392. The summed E-state index contributed by atoms with van der Waals surface area (Å²) in [6.45, 7) is 2.00. The molecule has 0 aromatic rings. The van der Waals surface area contributed by atoms with Crippen molar-refractivity contribution in [2.45, 2.75) is 26.2 Å². The summed E-state index contributed by atoms with van der Waals surface area (Å²) in [4.78, 5) is 16.7. The summed E-state index contributed by atoms with van der Waals surface area (Å²) in [7, 11) is -3.70. The van der Waals surface area contributed by atoms with Crippen molar-refractivity contribution in [3.05, 3.63) is 0 Å². The largest absolute Gasteiger partial charge is 0.344 e. The molecule has 0 unspecified atom stereocenters. The highest BCUT2D eigenvalue weighted by molar-refractivity contribution is 7.51. The molecule has 8 N–H and O–H groups in total. The average molecular weight is 186 g/mol. The van der Waals surface area contributed by atoms with Crippen molar-refractivity contribution in [1.82, 2.24) is 12.3 Å². The summed E-state index contributed by atoms with van der Waals surface area (Å²) < 4.78 is 10.2. The molecule has 11 heavy (non-hydrogen) atoms. The van der Waals surface area contributed by atoms with Gasteiger partial charge in [0.05, 0.1) is 0 Å². The number of rotatable bonds is 4. The third-order valence-electron chi connectivity index (χ3n) is 1.05. The fourth-order valence-electron chi connectivity index (χ4n) is 0.568. The van der Waals surface area contributed by atoms with E-state index in [0.717, 1.165) is 12.8 Å². The molecule has 0 radical (unpaired) electrons. The van der Waals surface area contributed by atoms with E-state index in [1.54, 1.807) is 0 Å². The Morgan fingerprint density at radius 1 is 1.18 bits per heavy atom. The SMILES string of the molecule is CCCCCP(=O)(O)O.N.N. The second-order valence-electron chi connectivity index (χ2n) is 2.10. The van der Waals surface area contributed by atoms with Crippen molar-refractivity contribution < 1.29 is 14.4 Å². The molecule has 0 bridgehead atoms. The molecule has 0 atom stereocenters. The molecule has 0 fully saturated rings. The van der Waals surface area contributed by atoms with Gasteiger partial charge in [-0.25, -0.2) is 0 Å². The van der Waals surface area contributed by atoms with Gasteiger partial charge in [-0.2, -0.15) is 0 Å². The molecule has 0 spiro atoms. The molecular weight excluding hydrogens is 167 g/mol. The highest BCUT2D eigenvalue weighted by Gasteiger charge is 2.10. The first-order chi connectivity index (χ1) is 4.06. The summed E-state index contributed by atoms with van der Waals surface area (Å²) in [5, 5.41) is 0. The predicted molar refractivity (Wildman–Crippen MR) is 46.5 cm³/mol. The number of hydrogen-bond acceptors (Lipinski definition) is 3. The molecule has 6 heteroatoms. The summed E-state index contributed by atoms with van der Waals surface area (Å²) in [5.74, 6) is 0. The Morgan fingerprint density at radius 3 is 1.91 bits per heavy atom. The van der Waals surface area contributed by atoms with Crippen molar-refractivity contribution in [3.8, 4) is 0 Å². The maximum atomic E-state index is 10.2. The van der Waals surface area contributed by atoms with Crippen LogP contribution in [0.15, 0.2) is 0 Å². The molecule has 5 nitrogen and oxygen atoms in total. The number of hydrogen-bond donors (Lipinski definition) is 4. The van der Waals surface area contributed by atoms with E-state index in [0.29, 0.717) is 6.42 Å². The summed E-state index contributed by atoms with van der Waals surface area (Å²) in [6.07, 6.45) is 2.59. The third-order valence-corrected chi connectivity index (χ3v) is 1.95. The van der Waals surface area contributed by atoms with Crippen LogP contribution < -0.4 is 12.3 Å². The molecule has 0 aliphatic rings. The lowest BCUT2D eigenvalue weighted by Crippen LogP contribution is -1.86. The van der Waals surface area contributed by atoms with Gasteiger partial charge >= 0.3 is 7.60 Å². The van der Waals surface area contributed by atoms with Crippen LogP contribution in [-0.2, 0) is 4.57 Å². The van der Waals surface area contributed by atoms with Crippen LogP contribution in [-0.4, -0.2) is 15.9 Å². The van der Waals surface area contributed by atoms with Gasteiger partial charge in [-0.05, 0) is 6.42 Å². The van der Waals surface area contributed by atoms with E-state index < -0.39 is 7.60 Å². The van der Waals surface area contributed by atoms with Gasteiger partial charge in [0.1, 0.15) is 0 Å². The molecule has 0 amide bonds. The lowest BCUT2D eigenvalue weighted by atomic mass is 10.3. The van der Waals surface area contributed by atoms with Crippen molar-refractivity contribution in [2.75, 3.05) is 6.16 Å². The number of unbranched alkanes of at least 4 members (excludes halogenated alkanes) is 2. The maximum Gasteiger partial charge on any atom is 0.325 e. The second-order valence-corrected chi connectivity index (χ2v) is 3.87. The summed E-state index contributed by atoms with van der Waals surface area (Å²) in [5.41, 5.74) is 0. The van der Waals surface area contributed by atoms with Gasteiger partial charge in [-0.15, -0.1) is 0 Å². The fourth-order valence-corrected chi connectivity index (χ4v) is 1.20. The Bertz CT molecular complexity index is 114. The van der Waals surface area contributed by atoms with Gasteiger partial charge in [-0.3, -0.25) is 4.57 Å². The van der Waals surface area contributed by atoms with E-state index in [9.17, 15) is 4.57 Å². The molecule has 72 valence electrons. The van der Waals surface area contributed by atoms with Gasteiger partial charge in [0.2, 0.25) is 0 Å². The molecule has 0 aromatic heterocycles. The molecule has 0 saturated heterocycles. The normalized spacial score (nSPS) is 9.73. The lowest BCUT2D eigenvalue weighted by molar-refractivity contribution is 0.371. The highest BCUT2D eigenvalue weighted by atomic mass is 31.2. The zero-order valence-electron chi connectivity index (χ0n) is 6.99. The Balaban J connectivity index is -0.000000320. The highest BCUT2D eigenvalue weighted by Crippen LogP contribution is 2.35. The topological polar surface area (TPSA) is 128 Å². The Kier molecular flexibility index (Phi) is 12.8. The molecule has 0 aliphatic heterocycles. The fraction of sp³-hybridized carbons (Fsp3) is 1.00. The first kappa shape index (κ1) is 17.2. The van der Waals surface area contributed by atoms with Crippen LogP contribution in [0.5, 0.6) is 0 Å². The maximum absolute atomic E-state index is 10.2. The first-order valence-electron chi connectivity index (χ1n) is 3.11. The van der Waals surface area contributed by atoms with E-state index in [1.165, 1.54) is 0 Å². The first-order valence-corrected chi connectivity index (χ1v) is 4.90. The van der Waals surface area contributed by atoms with Crippen LogP contribution in [0.4, 0.5) is 0 Å². The van der Waals surface area contributed by atoms with E-state index in [-0.39, 0.29) is 18.5 Å². The van der Waals surface area contributed by atoms with Gasteiger partial charge in [0.25, 0.3) is 0 Å². The minimum Gasteiger partial charge on any atom is -0.344 e. The summed E-state index contributed by atoms with van der Waals surface area (Å²) in [6, 6.07) is 0. The van der Waals surface area contributed by atoms with E-state index in [4.69, 9.17) is 9.79 Å². The van der Waals surface area contributed by atoms with Crippen molar-refractivity contribution in [1.29, 1.82) is 0 Å². The Morgan fingerprint density at radius 2 is 1.64 bits per heavy atom. The van der Waals surface area contributed by atoms with Gasteiger partial charge in [0, 0.05) is 6.16 Å². The predicted octanol–water partition coefficient (Wildman–Crippen LogP) is 1.68. The van der Waals surface area contributed by atoms with Crippen molar-refractivity contribution in [3.63, 3.8) is 0 Å². The third kappa shape index (κ3) is 17.8. The molecular formula is C5H19N2O3P. The molecule has 0 rings (SSSR count). The van der Waals surface area contributed by atoms with E-state index in [1.807, 2.05) is 6.92 Å². The van der Waals surface area contributed by atoms with Crippen LogP contribution in [0.1, 0.15) is 26.2 Å². The van der Waals surface area contributed by atoms with Crippen LogP contribution in [0.25, 0.3) is 0 Å². The summed E-state index contributed by atoms with van der Waals surface area (Å²) >= 11 is 0. The smallest absolute Gasteiger partial charge is 0.325 e. The van der Waals surface area contributed by atoms with E-state index in [2.05, 4.69) is 0 Å². The molecule has 0 aliphatic carbocycles. The lowest BCUT2D eigenvalue weighted by Gasteiger charge is -2.00.